The summed E-state index contributed by atoms with van der Waals surface area (Å²) in [6.07, 6.45) is 4.59. The lowest BCUT2D eigenvalue weighted by atomic mass is 9.97. The van der Waals surface area contributed by atoms with E-state index < -0.39 is 6.04 Å². The maximum absolute atomic E-state index is 13.5. The van der Waals surface area contributed by atoms with E-state index in [0.717, 1.165) is 36.1 Å². The van der Waals surface area contributed by atoms with Crippen LogP contribution in [0.1, 0.15) is 67.5 Å². The Morgan fingerprint density at radius 2 is 1.81 bits per heavy atom. The van der Waals surface area contributed by atoms with Gasteiger partial charge in [0.05, 0.1) is 13.0 Å². The van der Waals surface area contributed by atoms with Crippen LogP contribution in [0.2, 0.25) is 0 Å². The molecule has 1 unspecified atom stereocenters. The first-order valence-electron chi connectivity index (χ1n) is 11.2. The zero-order chi connectivity index (χ0) is 22.2. The molecule has 0 spiro atoms. The molecule has 168 valence electrons. The smallest absolute Gasteiger partial charge is 0.247 e. The number of carbonyl (C=O) groups excluding carboxylic acids is 2. The Balaban J connectivity index is 1.90. The number of methoxy groups -OCH3 is 1. The third-order valence-electron chi connectivity index (χ3n) is 5.94. The summed E-state index contributed by atoms with van der Waals surface area (Å²) in [7, 11) is 1.62. The Bertz CT molecular complexity index is 827. The van der Waals surface area contributed by atoms with Crippen molar-refractivity contribution in [1.82, 2.24) is 10.2 Å². The van der Waals surface area contributed by atoms with Crippen molar-refractivity contribution in [3.05, 3.63) is 57.8 Å². The van der Waals surface area contributed by atoms with Crippen molar-refractivity contribution in [2.45, 2.75) is 64.0 Å². The summed E-state index contributed by atoms with van der Waals surface area (Å²) in [6, 6.07) is 11.6. The van der Waals surface area contributed by atoms with Gasteiger partial charge in [0.1, 0.15) is 6.04 Å². The van der Waals surface area contributed by atoms with Crippen LogP contribution in [0.15, 0.2) is 41.8 Å². The molecule has 1 fully saturated rings. The van der Waals surface area contributed by atoms with E-state index in [4.69, 9.17) is 4.74 Å². The Labute approximate surface area is 189 Å². The molecule has 1 heterocycles. The first-order chi connectivity index (χ1) is 15.0. The summed E-state index contributed by atoms with van der Waals surface area (Å²) in [5.41, 5.74) is 2.06. The molecule has 6 heteroatoms. The molecule has 1 saturated carbocycles. The predicted octanol–water partition coefficient (Wildman–Crippen LogP) is 4.69. The highest BCUT2D eigenvalue weighted by Gasteiger charge is 2.33. The van der Waals surface area contributed by atoms with Gasteiger partial charge in [-0.3, -0.25) is 9.59 Å². The number of amides is 2. The molecule has 1 aliphatic rings. The quantitative estimate of drug-likeness (QED) is 0.581. The molecule has 0 aliphatic heterocycles. The summed E-state index contributed by atoms with van der Waals surface area (Å²) in [5.74, 6) is 0.253. The van der Waals surface area contributed by atoms with Gasteiger partial charge in [-0.1, -0.05) is 57.0 Å². The van der Waals surface area contributed by atoms with E-state index in [0.29, 0.717) is 25.5 Å². The Morgan fingerprint density at radius 1 is 1.13 bits per heavy atom. The van der Waals surface area contributed by atoms with Crippen LogP contribution in [0.25, 0.3) is 0 Å². The van der Waals surface area contributed by atoms with E-state index in [1.54, 1.807) is 23.3 Å². The summed E-state index contributed by atoms with van der Waals surface area (Å²) in [5, 5.41) is 5.18. The van der Waals surface area contributed by atoms with Gasteiger partial charge >= 0.3 is 0 Å². The normalized spacial score (nSPS) is 15.2. The topological polar surface area (TPSA) is 58.6 Å². The van der Waals surface area contributed by atoms with Crippen molar-refractivity contribution in [3.63, 3.8) is 0 Å². The van der Waals surface area contributed by atoms with Crippen LogP contribution in [0.5, 0.6) is 0 Å². The van der Waals surface area contributed by atoms with Gasteiger partial charge in [-0.05, 0) is 41.3 Å². The van der Waals surface area contributed by atoms with Crippen LogP contribution in [-0.4, -0.2) is 43.0 Å². The standard InChI is InChI=1S/C25H34N2O3S/c1-18(2)19-10-12-20(13-11-19)24(25(29)26-21-7-4-5-8-21)27(14-15-30-3)23(28)17-22-9-6-16-31-22/h6,9-13,16,18,21,24H,4-5,7-8,14-15,17H2,1-3H3,(H,26,29). The van der Waals surface area contributed by atoms with Crippen molar-refractivity contribution in [2.75, 3.05) is 20.3 Å². The predicted molar refractivity (Wildman–Crippen MR) is 125 cm³/mol. The van der Waals surface area contributed by atoms with Gasteiger partial charge in [-0.2, -0.15) is 0 Å². The second-order valence-electron chi connectivity index (χ2n) is 8.55. The molecule has 1 atom stereocenters. The van der Waals surface area contributed by atoms with Gasteiger partial charge in [-0.25, -0.2) is 0 Å². The van der Waals surface area contributed by atoms with E-state index in [9.17, 15) is 9.59 Å². The fraction of sp³-hybridized carbons (Fsp3) is 0.520. The molecular formula is C25H34N2O3S. The highest BCUT2D eigenvalue weighted by Crippen LogP contribution is 2.27. The molecule has 1 aliphatic carbocycles. The number of nitrogens with one attached hydrogen (secondary N) is 1. The summed E-state index contributed by atoms with van der Waals surface area (Å²) >= 11 is 1.56. The number of rotatable bonds is 10. The minimum absolute atomic E-state index is 0.0565. The number of nitrogens with zero attached hydrogens (tertiary/aromatic N) is 1. The molecule has 0 radical (unpaired) electrons. The minimum atomic E-state index is -0.663. The molecule has 31 heavy (non-hydrogen) atoms. The van der Waals surface area contributed by atoms with Gasteiger partial charge in [-0.15, -0.1) is 11.3 Å². The summed E-state index contributed by atoms with van der Waals surface area (Å²) < 4.78 is 5.28. The second kappa shape index (κ2) is 11.4. The van der Waals surface area contributed by atoms with Gasteiger partial charge < -0.3 is 15.0 Å². The van der Waals surface area contributed by atoms with Gasteiger partial charge in [0.15, 0.2) is 0 Å². The summed E-state index contributed by atoms with van der Waals surface area (Å²) in [6.45, 7) is 5.05. The lowest BCUT2D eigenvalue weighted by molar-refractivity contribution is -0.141. The fourth-order valence-corrected chi connectivity index (χ4v) is 4.83. The highest BCUT2D eigenvalue weighted by molar-refractivity contribution is 7.10. The monoisotopic (exact) mass is 442 g/mol. The molecule has 1 aromatic heterocycles. The van der Waals surface area contributed by atoms with Crippen molar-refractivity contribution in [2.24, 2.45) is 0 Å². The van der Waals surface area contributed by atoms with Crippen LogP contribution in [0.4, 0.5) is 0 Å². The fourth-order valence-electron chi connectivity index (χ4n) is 4.14. The Morgan fingerprint density at radius 3 is 2.39 bits per heavy atom. The van der Waals surface area contributed by atoms with Crippen LogP contribution in [-0.2, 0) is 20.7 Å². The van der Waals surface area contributed by atoms with Gasteiger partial charge in [0, 0.05) is 24.6 Å². The average molecular weight is 443 g/mol. The van der Waals surface area contributed by atoms with E-state index in [1.807, 2.05) is 29.6 Å². The third-order valence-corrected chi connectivity index (χ3v) is 6.82. The first kappa shape index (κ1) is 23.5. The average Bonchev–Trinajstić information content (AvgIpc) is 3.45. The van der Waals surface area contributed by atoms with E-state index in [2.05, 4.69) is 31.3 Å². The maximum atomic E-state index is 13.5. The molecular weight excluding hydrogens is 408 g/mol. The Kier molecular flexibility index (Phi) is 8.67. The zero-order valence-electron chi connectivity index (χ0n) is 18.8. The number of carbonyl (C=O) groups is 2. The largest absolute Gasteiger partial charge is 0.383 e. The molecule has 3 rings (SSSR count). The van der Waals surface area contributed by atoms with E-state index >= 15 is 0 Å². The molecule has 2 aromatic rings. The third kappa shape index (κ3) is 6.40. The summed E-state index contributed by atoms with van der Waals surface area (Å²) in [4.78, 5) is 29.5. The number of ether oxygens (including phenoxy) is 1. The molecule has 1 aromatic carbocycles. The van der Waals surface area contributed by atoms with Crippen molar-refractivity contribution < 1.29 is 14.3 Å². The molecule has 5 nitrogen and oxygen atoms in total. The van der Waals surface area contributed by atoms with E-state index in [-0.39, 0.29) is 17.9 Å². The van der Waals surface area contributed by atoms with Crippen LogP contribution < -0.4 is 5.32 Å². The second-order valence-corrected chi connectivity index (χ2v) is 9.58. The van der Waals surface area contributed by atoms with Gasteiger partial charge in [0.2, 0.25) is 11.8 Å². The van der Waals surface area contributed by atoms with Crippen molar-refractivity contribution in [3.8, 4) is 0 Å². The SMILES string of the molecule is COCCN(C(=O)Cc1cccs1)C(C(=O)NC1CCCC1)c1ccc(C(C)C)cc1. The van der Waals surface area contributed by atoms with Crippen LogP contribution in [0.3, 0.4) is 0 Å². The van der Waals surface area contributed by atoms with Gasteiger partial charge in [0.25, 0.3) is 0 Å². The maximum Gasteiger partial charge on any atom is 0.247 e. The molecule has 0 bridgehead atoms. The van der Waals surface area contributed by atoms with E-state index in [1.165, 1.54) is 5.56 Å². The zero-order valence-corrected chi connectivity index (χ0v) is 19.6. The molecule has 0 saturated heterocycles. The van der Waals surface area contributed by atoms with Crippen LogP contribution >= 0.6 is 11.3 Å². The lowest BCUT2D eigenvalue weighted by Gasteiger charge is -2.32. The number of benzene rings is 1. The van der Waals surface area contributed by atoms with Crippen molar-refractivity contribution >= 4 is 23.2 Å². The lowest BCUT2D eigenvalue weighted by Crippen LogP contribution is -2.47. The number of hydrogen-bond donors (Lipinski definition) is 1. The van der Waals surface area contributed by atoms with Crippen molar-refractivity contribution in [1.29, 1.82) is 0 Å². The molecule has 1 N–H and O–H groups in total. The number of hydrogen-bond acceptors (Lipinski definition) is 4. The minimum Gasteiger partial charge on any atom is -0.383 e. The number of thiophene rings is 1. The van der Waals surface area contributed by atoms with Crippen LogP contribution in [0, 0.1) is 0 Å². The Hall–Kier alpha value is -2.18. The molecule has 2 amide bonds. The first-order valence-corrected chi connectivity index (χ1v) is 12.1. The highest BCUT2D eigenvalue weighted by atomic mass is 32.1.